The second-order valence-electron chi connectivity index (χ2n) is 7.10. The van der Waals surface area contributed by atoms with Gasteiger partial charge in [-0.15, -0.1) is 30.1 Å². The molecule has 4 atom stereocenters. The summed E-state index contributed by atoms with van der Waals surface area (Å²) >= 11 is 3.19. The summed E-state index contributed by atoms with van der Waals surface area (Å²) in [6.45, 7) is 8.03. The Hall–Kier alpha value is -1.37. The van der Waals surface area contributed by atoms with Gasteiger partial charge in [-0.3, -0.25) is 4.79 Å². The molecule has 0 spiro atoms. The van der Waals surface area contributed by atoms with Crippen LogP contribution in [0.15, 0.2) is 46.7 Å². The molecule has 0 aliphatic heterocycles. The van der Waals surface area contributed by atoms with Crippen molar-refractivity contribution in [3.8, 4) is 5.75 Å². The SMILES string of the molecule is C=C(C)CC(O)(C=C(SC)SC)C1C(C(=O)OCC)C1c1ccc(OC)cc1. The molecule has 1 fully saturated rings. The van der Waals surface area contributed by atoms with Crippen LogP contribution in [-0.2, 0) is 9.53 Å². The fourth-order valence-electron chi connectivity index (χ4n) is 3.86. The van der Waals surface area contributed by atoms with Crippen LogP contribution in [0.1, 0.15) is 31.7 Å². The van der Waals surface area contributed by atoms with Crippen LogP contribution in [0.3, 0.4) is 0 Å². The smallest absolute Gasteiger partial charge is 0.309 e. The van der Waals surface area contributed by atoms with Crippen molar-refractivity contribution in [1.82, 2.24) is 0 Å². The minimum Gasteiger partial charge on any atom is -0.497 e. The van der Waals surface area contributed by atoms with Gasteiger partial charge in [-0.05, 0) is 50.1 Å². The van der Waals surface area contributed by atoms with Gasteiger partial charge in [0.2, 0.25) is 0 Å². The summed E-state index contributed by atoms with van der Waals surface area (Å²) in [6, 6.07) is 7.70. The number of thioether (sulfide) groups is 2. The maximum absolute atomic E-state index is 12.7. The summed E-state index contributed by atoms with van der Waals surface area (Å²) in [5, 5.41) is 11.7. The van der Waals surface area contributed by atoms with Gasteiger partial charge in [0.15, 0.2) is 0 Å². The molecule has 0 saturated heterocycles. The van der Waals surface area contributed by atoms with Crippen molar-refractivity contribution < 1.29 is 19.4 Å². The topological polar surface area (TPSA) is 55.8 Å². The summed E-state index contributed by atoms with van der Waals surface area (Å²) in [5.41, 5.74) is 0.727. The van der Waals surface area contributed by atoms with Gasteiger partial charge in [0.1, 0.15) is 5.75 Å². The molecule has 1 N–H and O–H groups in total. The molecule has 0 radical (unpaired) electrons. The molecular formula is C22H30O4S2. The Morgan fingerprint density at radius 2 is 1.89 bits per heavy atom. The normalized spacial score (nSPS) is 22.7. The number of aliphatic hydroxyl groups is 1. The van der Waals surface area contributed by atoms with Gasteiger partial charge in [0, 0.05) is 22.5 Å². The fraction of sp³-hybridized carbons (Fsp3) is 0.500. The van der Waals surface area contributed by atoms with Crippen LogP contribution < -0.4 is 4.74 Å². The van der Waals surface area contributed by atoms with E-state index < -0.39 is 5.60 Å². The zero-order valence-corrected chi connectivity index (χ0v) is 18.9. The maximum atomic E-state index is 12.7. The Bertz CT molecular complexity index is 723. The first-order chi connectivity index (χ1) is 13.3. The number of hydrogen-bond acceptors (Lipinski definition) is 6. The average molecular weight is 423 g/mol. The number of rotatable bonds is 10. The lowest BCUT2D eigenvalue weighted by molar-refractivity contribution is -0.145. The summed E-state index contributed by atoms with van der Waals surface area (Å²) < 4.78 is 11.6. The van der Waals surface area contributed by atoms with Crippen molar-refractivity contribution in [2.75, 3.05) is 26.2 Å². The van der Waals surface area contributed by atoms with Gasteiger partial charge in [0.25, 0.3) is 0 Å². The highest BCUT2D eigenvalue weighted by atomic mass is 32.2. The van der Waals surface area contributed by atoms with E-state index in [1.807, 2.05) is 49.8 Å². The predicted molar refractivity (Wildman–Crippen MR) is 119 cm³/mol. The Morgan fingerprint density at radius 3 is 2.36 bits per heavy atom. The monoisotopic (exact) mass is 422 g/mol. The molecule has 1 saturated carbocycles. The number of carbonyl (C=O) groups is 1. The van der Waals surface area contributed by atoms with Crippen molar-refractivity contribution in [3.63, 3.8) is 0 Å². The van der Waals surface area contributed by atoms with Crippen LogP contribution >= 0.6 is 23.5 Å². The maximum Gasteiger partial charge on any atom is 0.309 e. The van der Waals surface area contributed by atoms with Crippen molar-refractivity contribution in [3.05, 3.63) is 52.3 Å². The first-order valence-corrected chi connectivity index (χ1v) is 11.7. The van der Waals surface area contributed by atoms with Gasteiger partial charge >= 0.3 is 5.97 Å². The lowest BCUT2D eigenvalue weighted by Gasteiger charge is -2.27. The van der Waals surface area contributed by atoms with Crippen molar-refractivity contribution >= 4 is 29.5 Å². The first-order valence-electron chi connectivity index (χ1n) is 9.29. The van der Waals surface area contributed by atoms with Crippen LogP contribution in [0.4, 0.5) is 0 Å². The van der Waals surface area contributed by atoms with Crippen molar-refractivity contribution in [2.24, 2.45) is 11.8 Å². The molecule has 0 heterocycles. The van der Waals surface area contributed by atoms with E-state index in [2.05, 4.69) is 6.58 Å². The lowest BCUT2D eigenvalue weighted by atomic mass is 9.87. The van der Waals surface area contributed by atoms with Crippen LogP contribution in [0.2, 0.25) is 0 Å². The number of hydrogen-bond donors (Lipinski definition) is 1. The largest absolute Gasteiger partial charge is 0.497 e. The Morgan fingerprint density at radius 1 is 1.29 bits per heavy atom. The van der Waals surface area contributed by atoms with Crippen LogP contribution in [0, 0.1) is 11.8 Å². The lowest BCUT2D eigenvalue weighted by Crippen LogP contribution is -2.32. The molecule has 0 amide bonds. The first kappa shape index (κ1) is 22.9. The van der Waals surface area contributed by atoms with Crippen molar-refractivity contribution in [1.29, 1.82) is 0 Å². The number of benzene rings is 1. The van der Waals surface area contributed by atoms with E-state index in [9.17, 15) is 9.90 Å². The second kappa shape index (κ2) is 9.90. The van der Waals surface area contributed by atoms with Gasteiger partial charge < -0.3 is 14.6 Å². The molecule has 1 aliphatic carbocycles. The zero-order valence-electron chi connectivity index (χ0n) is 17.2. The highest BCUT2D eigenvalue weighted by Crippen LogP contribution is 2.61. The van der Waals surface area contributed by atoms with Crippen LogP contribution in [0.5, 0.6) is 5.75 Å². The highest BCUT2D eigenvalue weighted by molar-refractivity contribution is 8.21. The quantitative estimate of drug-likeness (QED) is 0.430. The van der Waals surface area contributed by atoms with Gasteiger partial charge in [0.05, 0.1) is 25.2 Å². The summed E-state index contributed by atoms with van der Waals surface area (Å²) in [7, 11) is 1.62. The molecule has 1 aliphatic rings. The molecule has 0 aromatic heterocycles. The molecule has 4 unspecified atom stereocenters. The number of ether oxygens (including phenoxy) is 2. The van der Waals surface area contributed by atoms with E-state index in [1.165, 1.54) is 0 Å². The van der Waals surface area contributed by atoms with E-state index in [4.69, 9.17) is 9.47 Å². The fourth-order valence-corrected chi connectivity index (χ4v) is 5.17. The van der Waals surface area contributed by atoms with Gasteiger partial charge in [-0.25, -0.2) is 0 Å². The predicted octanol–water partition coefficient (Wildman–Crippen LogP) is 4.85. The minimum atomic E-state index is -1.16. The van der Waals surface area contributed by atoms with Crippen molar-refractivity contribution in [2.45, 2.75) is 31.8 Å². The number of methoxy groups -OCH3 is 1. The van der Waals surface area contributed by atoms with E-state index >= 15 is 0 Å². The van der Waals surface area contributed by atoms with Crippen LogP contribution in [-0.4, -0.2) is 42.9 Å². The number of esters is 1. The molecule has 154 valence electrons. The minimum absolute atomic E-state index is 0.101. The third kappa shape index (κ3) is 5.16. The second-order valence-corrected chi connectivity index (χ2v) is 9.05. The van der Waals surface area contributed by atoms with E-state index in [-0.39, 0.29) is 23.7 Å². The molecule has 4 nitrogen and oxygen atoms in total. The van der Waals surface area contributed by atoms with Gasteiger partial charge in [-0.2, -0.15) is 0 Å². The molecule has 2 rings (SSSR count). The summed E-state index contributed by atoms with van der Waals surface area (Å²) in [4.78, 5) is 12.7. The highest BCUT2D eigenvalue weighted by Gasteiger charge is 2.64. The molecule has 0 bridgehead atoms. The zero-order chi connectivity index (χ0) is 20.9. The molecule has 28 heavy (non-hydrogen) atoms. The Balaban J connectivity index is 2.45. The van der Waals surface area contributed by atoms with Gasteiger partial charge in [-0.1, -0.05) is 17.7 Å². The Kier molecular flexibility index (Phi) is 8.10. The third-order valence-corrected chi connectivity index (χ3v) is 7.05. The Labute approximate surface area is 176 Å². The summed E-state index contributed by atoms with van der Waals surface area (Å²) in [5.74, 6) is -0.227. The molecule has 1 aromatic carbocycles. The molecule has 1 aromatic rings. The average Bonchev–Trinajstić information content (AvgIpc) is 3.42. The van der Waals surface area contributed by atoms with E-state index in [0.29, 0.717) is 13.0 Å². The number of carbonyl (C=O) groups excluding carboxylic acids is 1. The summed E-state index contributed by atoms with van der Waals surface area (Å²) in [6.07, 6.45) is 6.28. The molecular weight excluding hydrogens is 392 g/mol. The van der Waals surface area contributed by atoms with E-state index in [1.54, 1.807) is 37.6 Å². The van der Waals surface area contributed by atoms with E-state index in [0.717, 1.165) is 21.1 Å². The standard InChI is InChI=1S/C22H30O4S2/c1-7-26-21(23)19-18(15-8-10-16(25-4)11-9-15)20(19)22(24,12-14(2)3)13-17(27-5)28-6/h8-11,13,18-20,24H,2,7,12H2,1,3-6H3. The molecule has 6 heteroatoms. The van der Waals surface area contributed by atoms with Crippen LogP contribution in [0.25, 0.3) is 0 Å². The third-order valence-electron chi connectivity index (χ3n) is 5.01.